The summed E-state index contributed by atoms with van der Waals surface area (Å²) in [6.07, 6.45) is 1.51. The van der Waals surface area contributed by atoms with Gasteiger partial charge < -0.3 is 10.1 Å². The van der Waals surface area contributed by atoms with E-state index in [-0.39, 0.29) is 5.82 Å². The second-order valence-electron chi connectivity index (χ2n) is 2.89. The first kappa shape index (κ1) is 10.6. The number of aromatic nitrogens is 2. The van der Waals surface area contributed by atoms with Crippen LogP contribution in [0.3, 0.4) is 0 Å². The van der Waals surface area contributed by atoms with Gasteiger partial charge in [-0.1, -0.05) is 0 Å². The minimum absolute atomic E-state index is 0.0442. The summed E-state index contributed by atoms with van der Waals surface area (Å²) >= 11 is 1.58. The summed E-state index contributed by atoms with van der Waals surface area (Å²) < 4.78 is 4.54. The van der Waals surface area contributed by atoms with Crippen molar-refractivity contribution in [2.24, 2.45) is 0 Å². The first-order valence-corrected chi connectivity index (χ1v) is 5.44. The number of carbonyl (C=O) groups excluding carboxylic acids is 1. The molecule has 2 rings (SSSR count). The maximum Gasteiger partial charge on any atom is 0.376 e. The van der Waals surface area contributed by atoms with Crippen molar-refractivity contribution in [3.63, 3.8) is 0 Å². The normalized spacial score (nSPS) is 9.81. The van der Waals surface area contributed by atoms with E-state index in [2.05, 4.69) is 20.0 Å². The van der Waals surface area contributed by atoms with Crippen LogP contribution in [0, 0.1) is 0 Å². The van der Waals surface area contributed by atoms with Gasteiger partial charge in [-0.2, -0.15) is 11.3 Å². The Labute approximate surface area is 96.1 Å². The lowest BCUT2D eigenvalue weighted by Crippen LogP contribution is -2.08. The third kappa shape index (κ3) is 2.34. The summed E-state index contributed by atoms with van der Waals surface area (Å²) in [4.78, 5) is 19.0. The standard InChI is InChI=1S/C10H9N3O2S/c1-15-10(14)9-11-4-2-8(13-9)12-7-3-5-16-6-7/h2-6H,1H3,(H,11,12,13). The maximum atomic E-state index is 11.2. The van der Waals surface area contributed by atoms with Crippen LogP contribution < -0.4 is 5.32 Å². The summed E-state index contributed by atoms with van der Waals surface area (Å²) in [6, 6.07) is 3.61. The molecule has 5 nitrogen and oxygen atoms in total. The molecular formula is C10H9N3O2S. The molecule has 0 atom stereocenters. The Bertz CT molecular complexity index is 485. The number of anilines is 2. The van der Waals surface area contributed by atoms with Gasteiger partial charge in [0.25, 0.3) is 0 Å². The quantitative estimate of drug-likeness (QED) is 0.825. The van der Waals surface area contributed by atoms with Crippen LogP contribution in [0.15, 0.2) is 29.1 Å². The highest BCUT2D eigenvalue weighted by atomic mass is 32.1. The third-order valence-electron chi connectivity index (χ3n) is 1.82. The van der Waals surface area contributed by atoms with Crippen LogP contribution >= 0.6 is 11.3 Å². The van der Waals surface area contributed by atoms with Crippen molar-refractivity contribution in [3.05, 3.63) is 34.9 Å². The van der Waals surface area contributed by atoms with Gasteiger partial charge >= 0.3 is 5.97 Å². The molecular weight excluding hydrogens is 226 g/mol. The van der Waals surface area contributed by atoms with Crippen molar-refractivity contribution in [3.8, 4) is 0 Å². The van der Waals surface area contributed by atoms with E-state index in [4.69, 9.17) is 0 Å². The van der Waals surface area contributed by atoms with Crippen LogP contribution in [0.1, 0.15) is 10.6 Å². The molecule has 0 spiro atoms. The van der Waals surface area contributed by atoms with Crippen molar-refractivity contribution >= 4 is 28.8 Å². The highest BCUT2D eigenvalue weighted by Gasteiger charge is 2.09. The minimum Gasteiger partial charge on any atom is -0.463 e. The number of esters is 1. The zero-order valence-corrected chi connectivity index (χ0v) is 9.32. The van der Waals surface area contributed by atoms with E-state index in [0.29, 0.717) is 5.82 Å². The average molecular weight is 235 g/mol. The Hall–Kier alpha value is -1.95. The number of nitrogens with zero attached hydrogens (tertiary/aromatic N) is 2. The summed E-state index contributed by atoms with van der Waals surface area (Å²) in [5.74, 6) is 0.0606. The third-order valence-corrected chi connectivity index (χ3v) is 2.50. The average Bonchev–Trinajstić information content (AvgIpc) is 2.81. The molecule has 0 bridgehead atoms. The maximum absolute atomic E-state index is 11.2. The Morgan fingerprint density at radius 2 is 2.38 bits per heavy atom. The Morgan fingerprint density at radius 1 is 1.50 bits per heavy atom. The highest BCUT2D eigenvalue weighted by molar-refractivity contribution is 7.08. The van der Waals surface area contributed by atoms with E-state index in [9.17, 15) is 4.79 Å². The van der Waals surface area contributed by atoms with Crippen LogP contribution in [0.2, 0.25) is 0 Å². The lowest BCUT2D eigenvalue weighted by atomic mass is 10.4. The molecule has 2 aromatic rings. The molecule has 0 unspecified atom stereocenters. The zero-order chi connectivity index (χ0) is 11.4. The molecule has 0 aliphatic carbocycles. The fraction of sp³-hybridized carbons (Fsp3) is 0.100. The largest absolute Gasteiger partial charge is 0.463 e. The molecule has 82 valence electrons. The van der Waals surface area contributed by atoms with Gasteiger partial charge in [-0.05, 0) is 17.5 Å². The monoisotopic (exact) mass is 235 g/mol. The first-order chi connectivity index (χ1) is 7.79. The van der Waals surface area contributed by atoms with E-state index in [1.54, 1.807) is 17.4 Å². The van der Waals surface area contributed by atoms with Gasteiger partial charge in [0.1, 0.15) is 5.82 Å². The van der Waals surface area contributed by atoms with E-state index in [0.717, 1.165) is 5.69 Å². The molecule has 0 amide bonds. The molecule has 2 heterocycles. The predicted octanol–water partition coefficient (Wildman–Crippen LogP) is 2.07. The number of methoxy groups -OCH3 is 1. The zero-order valence-electron chi connectivity index (χ0n) is 8.51. The van der Waals surface area contributed by atoms with Crippen LogP contribution in [0.4, 0.5) is 11.5 Å². The van der Waals surface area contributed by atoms with Crippen LogP contribution in [-0.4, -0.2) is 23.0 Å². The topological polar surface area (TPSA) is 64.1 Å². The van der Waals surface area contributed by atoms with Crippen molar-refractivity contribution in [1.82, 2.24) is 9.97 Å². The molecule has 0 saturated carbocycles. The van der Waals surface area contributed by atoms with Crippen molar-refractivity contribution in [2.75, 3.05) is 12.4 Å². The summed E-state index contributed by atoms with van der Waals surface area (Å²) in [5, 5.41) is 6.95. The van der Waals surface area contributed by atoms with E-state index >= 15 is 0 Å². The van der Waals surface area contributed by atoms with Crippen LogP contribution in [-0.2, 0) is 4.74 Å². The highest BCUT2D eigenvalue weighted by Crippen LogP contribution is 2.16. The second kappa shape index (κ2) is 4.71. The molecule has 6 heteroatoms. The second-order valence-corrected chi connectivity index (χ2v) is 3.67. The predicted molar refractivity (Wildman–Crippen MR) is 61.0 cm³/mol. The SMILES string of the molecule is COC(=O)c1nccc(Nc2ccsc2)n1. The molecule has 0 aliphatic heterocycles. The smallest absolute Gasteiger partial charge is 0.376 e. The fourth-order valence-corrected chi connectivity index (χ4v) is 1.69. The number of thiophene rings is 1. The molecule has 0 saturated heterocycles. The lowest BCUT2D eigenvalue weighted by molar-refractivity contribution is 0.0587. The van der Waals surface area contributed by atoms with Crippen LogP contribution in [0.5, 0.6) is 0 Å². The summed E-state index contributed by atoms with van der Waals surface area (Å²) in [6.45, 7) is 0. The van der Waals surface area contributed by atoms with Gasteiger partial charge in [0.15, 0.2) is 0 Å². The molecule has 0 fully saturated rings. The number of nitrogens with one attached hydrogen (secondary N) is 1. The number of ether oxygens (including phenoxy) is 1. The van der Waals surface area contributed by atoms with Gasteiger partial charge in [-0.3, -0.25) is 0 Å². The van der Waals surface area contributed by atoms with E-state index < -0.39 is 5.97 Å². The van der Waals surface area contributed by atoms with Gasteiger partial charge in [-0.25, -0.2) is 14.8 Å². The van der Waals surface area contributed by atoms with E-state index in [1.807, 2.05) is 16.8 Å². The number of rotatable bonds is 3. The fourth-order valence-electron chi connectivity index (χ4n) is 1.10. The van der Waals surface area contributed by atoms with Crippen LogP contribution in [0.25, 0.3) is 0 Å². The summed E-state index contributed by atoms with van der Waals surface area (Å²) in [7, 11) is 1.30. The molecule has 0 aromatic carbocycles. The van der Waals surface area contributed by atoms with Gasteiger partial charge in [0, 0.05) is 11.6 Å². The molecule has 1 N–H and O–H groups in total. The van der Waals surface area contributed by atoms with E-state index in [1.165, 1.54) is 13.3 Å². The lowest BCUT2D eigenvalue weighted by Gasteiger charge is -2.03. The van der Waals surface area contributed by atoms with Crippen molar-refractivity contribution < 1.29 is 9.53 Å². The molecule has 0 radical (unpaired) electrons. The van der Waals surface area contributed by atoms with Gasteiger partial charge in [-0.15, -0.1) is 0 Å². The van der Waals surface area contributed by atoms with Crippen molar-refractivity contribution in [1.29, 1.82) is 0 Å². The first-order valence-electron chi connectivity index (χ1n) is 4.50. The van der Waals surface area contributed by atoms with Gasteiger partial charge in [0.2, 0.25) is 5.82 Å². The summed E-state index contributed by atoms with van der Waals surface area (Å²) in [5.41, 5.74) is 0.930. The van der Waals surface area contributed by atoms with Gasteiger partial charge in [0.05, 0.1) is 12.8 Å². The minimum atomic E-state index is -0.547. The number of hydrogen-bond donors (Lipinski definition) is 1. The molecule has 0 aliphatic rings. The number of hydrogen-bond acceptors (Lipinski definition) is 6. The Morgan fingerprint density at radius 3 is 3.06 bits per heavy atom. The number of carbonyl (C=O) groups is 1. The Kier molecular flexibility index (Phi) is 3.11. The molecule has 16 heavy (non-hydrogen) atoms. The van der Waals surface area contributed by atoms with Crippen molar-refractivity contribution in [2.45, 2.75) is 0 Å². The molecule has 2 aromatic heterocycles. The Balaban J connectivity index is 2.19.